The lowest BCUT2D eigenvalue weighted by molar-refractivity contribution is -0.137. The summed E-state index contributed by atoms with van der Waals surface area (Å²) in [4.78, 5) is 18.4. The van der Waals surface area contributed by atoms with Crippen molar-refractivity contribution < 1.29 is 13.2 Å². The largest absolute Gasteiger partial charge is 0.416 e. The van der Waals surface area contributed by atoms with Crippen LogP contribution in [0.25, 0.3) is 5.69 Å². The van der Waals surface area contributed by atoms with E-state index in [0.717, 1.165) is 17.8 Å². The van der Waals surface area contributed by atoms with Gasteiger partial charge in [-0.15, -0.1) is 0 Å². The van der Waals surface area contributed by atoms with Gasteiger partial charge in [0.25, 0.3) is 5.56 Å². The number of hydrogen-bond acceptors (Lipinski definition) is 4. The van der Waals surface area contributed by atoms with E-state index >= 15 is 0 Å². The fourth-order valence-corrected chi connectivity index (χ4v) is 4.29. The molecule has 3 N–H and O–H groups in total. The Morgan fingerprint density at radius 1 is 1.00 bits per heavy atom. The molecule has 6 nitrogen and oxygen atoms in total. The fourth-order valence-electron chi connectivity index (χ4n) is 4.09. The van der Waals surface area contributed by atoms with E-state index in [1.165, 1.54) is 12.1 Å². The van der Waals surface area contributed by atoms with Crippen LogP contribution in [0.3, 0.4) is 0 Å². The zero-order valence-electron chi connectivity index (χ0n) is 16.6. The van der Waals surface area contributed by atoms with Gasteiger partial charge in [0.2, 0.25) is 0 Å². The second kappa shape index (κ2) is 7.20. The van der Waals surface area contributed by atoms with Crippen molar-refractivity contribution >= 4 is 23.9 Å². The van der Waals surface area contributed by atoms with Crippen molar-refractivity contribution in [1.82, 2.24) is 19.7 Å². The van der Waals surface area contributed by atoms with Crippen LogP contribution in [0.1, 0.15) is 33.9 Å². The molecule has 4 aromatic rings. The molecule has 2 aromatic carbocycles. The summed E-state index contributed by atoms with van der Waals surface area (Å²) in [6.07, 6.45) is -4.45. The van der Waals surface area contributed by atoms with Gasteiger partial charge in [-0.2, -0.15) is 18.3 Å². The monoisotopic (exact) mass is 455 g/mol. The average Bonchev–Trinajstić information content (AvgIpc) is 3.08. The lowest BCUT2D eigenvalue weighted by atomic mass is 9.83. The van der Waals surface area contributed by atoms with E-state index in [1.807, 2.05) is 30.3 Å². The third kappa shape index (κ3) is 3.23. The standard InChI is InChI=1S/C22H16F3N5OS/c1-11-15-16(12-7-9-13(10-8-12)22(23,24)25)17-18(27-21(32)28-20(17)31)26-19(15)30(29-11)14-5-3-2-4-6-14/h2-10,16H,1H3,(H3,26,27,28,31,32). The summed E-state index contributed by atoms with van der Waals surface area (Å²) in [7, 11) is 0. The quantitative estimate of drug-likeness (QED) is 0.321. The van der Waals surface area contributed by atoms with Crippen molar-refractivity contribution in [2.24, 2.45) is 0 Å². The minimum atomic E-state index is -4.45. The summed E-state index contributed by atoms with van der Waals surface area (Å²) in [6, 6.07) is 14.2. The third-order valence-corrected chi connectivity index (χ3v) is 5.68. The Morgan fingerprint density at radius 3 is 2.34 bits per heavy atom. The van der Waals surface area contributed by atoms with Gasteiger partial charge in [0.05, 0.1) is 22.5 Å². The molecule has 0 amide bonds. The summed E-state index contributed by atoms with van der Waals surface area (Å²) in [6.45, 7) is 1.81. The minimum absolute atomic E-state index is 0.137. The maximum absolute atomic E-state index is 13.1. The zero-order chi connectivity index (χ0) is 22.6. The number of halogens is 3. The van der Waals surface area contributed by atoms with Gasteiger partial charge in [-0.3, -0.25) is 9.78 Å². The van der Waals surface area contributed by atoms with Crippen molar-refractivity contribution in [3.05, 3.63) is 97.7 Å². The molecule has 162 valence electrons. The van der Waals surface area contributed by atoms with Crippen LogP contribution in [0.15, 0.2) is 59.4 Å². The summed E-state index contributed by atoms with van der Waals surface area (Å²) < 4.78 is 41.2. The van der Waals surface area contributed by atoms with Crippen molar-refractivity contribution in [2.75, 3.05) is 5.32 Å². The molecule has 0 spiro atoms. The van der Waals surface area contributed by atoms with Crippen LogP contribution in [0.2, 0.25) is 0 Å². The molecule has 3 heterocycles. The second-order valence-electron chi connectivity index (χ2n) is 7.47. The summed E-state index contributed by atoms with van der Waals surface area (Å²) >= 11 is 5.13. The molecule has 2 aromatic heterocycles. The van der Waals surface area contributed by atoms with E-state index in [9.17, 15) is 18.0 Å². The molecule has 0 saturated heterocycles. The highest BCUT2D eigenvalue weighted by Crippen LogP contribution is 2.45. The summed E-state index contributed by atoms with van der Waals surface area (Å²) in [5, 5.41) is 7.88. The highest BCUT2D eigenvalue weighted by molar-refractivity contribution is 7.71. The Labute approximate surface area is 184 Å². The Bertz CT molecular complexity index is 1440. The Balaban J connectivity index is 1.77. The molecule has 0 bridgehead atoms. The van der Waals surface area contributed by atoms with E-state index in [4.69, 9.17) is 12.2 Å². The summed E-state index contributed by atoms with van der Waals surface area (Å²) in [5.41, 5.74) is 1.84. The van der Waals surface area contributed by atoms with Gasteiger partial charge in [-0.1, -0.05) is 30.3 Å². The Kier molecular flexibility index (Phi) is 4.55. The highest BCUT2D eigenvalue weighted by Gasteiger charge is 2.36. The van der Waals surface area contributed by atoms with Gasteiger partial charge >= 0.3 is 6.18 Å². The molecule has 32 heavy (non-hydrogen) atoms. The van der Waals surface area contributed by atoms with Crippen molar-refractivity contribution in [1.29, 1.82) is 0 Å². The molecule has 5 rings (SSSR count). The topological polar surface area (TPSA) is 78.5 Å². The third-order valence-electron chi connectivity index (χ3n) is 5.48. The van der Waals surface area contributed by atoms with E-state index in [2.05, 4.69) is 20.4 Å². The number of nitrogens with zero attached hydrogens (tertiary/aromatic N) is 2. The highest BCUT2D eigenvalue weighted by atomic mass is 32.1. The van der Waals surface area contributed by atoms with Gasteiger partial charge in [0.1, 0.15) is 11.6 Å². The first-order valence-electron chi connectivity index (χ1n) is 9.69. The number of H-pyrrole nitrogens is 2. The molecule has 0 aliphatic carbocycles. The van der Waals surface area contributed by atoms with Crippen LogP contribution in [0.4, 0.5) is 24.8 Å². The molecule has 1 atom stereocenters. The van der Waals surface area contributed by atoms with Crippen molar-refractivity contribution in [2.45, 2.75) is 19.0 Å². The number of nitrogens with one attached hydrogen (secondary N) is 3. The molecule has 1 aliphatic rings. The molecular weight excluding hydrogens is 439 g/mol. The normalized spacial score (nSPS) is 15.1. The molecule has 1 aliphatic heterocycles. The number of aromatic nitrogens is 4. The van der Waals surface area contributed by atoms with Crippen LogP contribution in [-0.4, -0.2) is 19.7 Å². The SMILES string of the molecule is Cc1nn(-c2ccccc2)c2c1C(c1ccc(C(F)(F)F)cc1)c1c([nH]c(=S)[nH]c1=O)N2. The van der Waals surface area contributed by atoms with Crippen LogP contribution in [-0.2, 0) is 6.18 Å². The van der Waals surface area contributed by atoms with Crippen molar-refractivity contribution in [3.63, 3.8) is 0 Å². The maximum Gasteiger partial charge on any atom is 0.416 e. The predicted molar refractivity (Wildman–Crippen MR) is 116 cm³/mol. The number of aromatic amines is 2. The first kappa shape index (κ1) is 20.3. The van der Waals surface area contributed by atoms with Crippen LogP contribution >= 0.6 is 12.2 Å². The number of fused-ring (bicyclic) bond motifs is 2. The fraction of sp³-hybridized carbons (Fsp3) is 0.136. The van der Waals surface area contributed by atoms with E-state index in [0.29, 0.717) is 34.0 Å². The van der Waals surface area contributed by atoms with Gasteiger partial charge in [-0.25, -0.2) is 4.68 Å². The zero-order valence-corrected chi connectivity index (χ0v) is 17.4. The van der Waals surface area contributed by atoms with Crippen LogP contribution < -0.4 is 10.9 Å². The predicted octanol–water partition coefficient (Wildman–Crippen LogP) is 5.18. The number of anilines is 2. The molecular formula is C22H16F3N5OS. The lowest BCUT2D eigenvalue weighted by Crippen LogP contribution is -2.26. The van der Waals surface area contributed by atoms with Gasteiger partial charge < -0.3 is 10.3 Å². The van der Waals surface area contributed by atoms with E-state index in [-0.39, 0.29) is 4.77 Å². The maximum atomic E-state index is 13.1. The van der Waals surface area contributed by atoms with Gasteiger partial charge in [0.15, 0.2) is 4.77 Å². The number of hydrogen-bond donors (Lipinski definition) is 3. The van der Waals surface area contributed by atoms with Gasteiger partial charge in [-0.05, 0) is 49.0 Å². The molecule has 10 heteroatoms. The molecule has 1 unspecified atom stereocenters. The molecule has 0 saturated carbocycles. The second-order valence-corrected chi connectivity index (χ2v) is 7.88. The number of alkyl halides is 3. The molecule has 0 fully saturated rings. The number of para-hydroxylation sites is 1. The average molecular weight is 455 g/mol. The Morgan fingerprint density at radius 2 is 1.69 bits per heavy atom. The smallest absolute Gasteiger partial charge is 0.326 e. The number of rotatable bonds is 2. The van der Waals surface area contributed by atoms with E-state index < -0.39 is 23.2 Å². The summed E-state index contributed by atoms with van der Waals surface area (Å²) in [5.74, 6) is 0.354. The first-order valence-corrected chi connectivity index (χ1v) is 10.1. The lowest BCUT2D eigenvalue weighted by Gasteiger charge is -2.27. The van der Waals surface area contributed by atoms with E-state index in [1.54, 1.807) is 11.6 Å². The number of benzene rings is 2. The van der Waals surface area contributed by atoms with Crippen LogP contribution in [0.5, 0.6) is 0 Å². The van der Waals surface area contributed by atoms with Crippen molar-refractivity contribution in [3.8, 4) is 5.69 Å². The molecule has 0 radical (unpaired) electrons. The number of aryl methyl sites for hydroxylation is 1. The minimum Gasteiger partial charge on any atom is -0.326 e. The Hall–Kier alpha value is -3.66. The first-order chi connectivity index (χ1) is 15.2. The van der Waals surface area contributed by atoms with Gasteiger partial charge in [0, 0.05) is 11.5 Å². The van der Waals surface area contributed by atoms with Crippen LogP contribution in [0, 0.1) is 11.7 Å².